The van der Waals surface area contributed by atoms with Crippen LogP contribution in [0.5, 0.6) is 0 Å². The number of rotatable bonds is 2. The Morgan fingerprint density at radius 3 is 2.55 bits per heavy atom. The molecule has 0 N–H and O–H groups in total. The standard InChI is InChI=1S/C17H15BrF3IN4O3/c18-13-12(23-14-11(17(19,20)21)7-9(22)8-26(13)14)15(27)24-3-1-10(2-4-24)25-5-6-29-16(25)28/h7-8,10H,1-6H2. The number of imidazole rings is 1. The van der Waals surface area contributed by atoms with Gasteiger partial charge in [0, 0.05) is 28.9 Å². The summed E-state index contributed by atoms with van der Waals surface area (Å²) in [5, 5.41) is 0. The second-order valence-electron chi connectivity index (χ2n) is 6.85. The molecule has 156 valence electrons. The van der Waals surface area contributed by atoms with Gasteiger partial charge in [0.2, 0.25) is 0 Å². The average Bonchev–Trinajstić information content (AvgIpc) is 3.24. The molecule has 2 aromatic heterocycles. The Balaban J connectivity index is 1.58. The smallest absolute Gasteiger partial charge is 0.420 e. The van der Waals surface area contributed by atoms with E-state index in [4.69, 9.17) is 4.74 Å². The van der Waals surface area contributed by atoms with Crippen LogP contribution in [-0.2, 0) is 10.9 Å². The van der Waals surface area contributed by atoms with Crippen molar-refractivity contribution in [2.75, 3.05) is 26.2 Å². The van der Waals surface area contributed by atoms with E-state index >= 15 is 0 Å². The predicted molar refractivity (Wildman–Crippen MR) is 108 cm³/mol. The van der Waals surface area contributed by atoms with Crippen LogP contribution in [0, 0.1) is 3.57 Å². The third kappa shape index (κ3) is 3.80. The summed E-state index contributed by atoms with van der Waals surface area (Å²) in [4.78, 5) is 31.9. The summed E-state index contributed by atoms with van der Waals surface area (Å²) in [6.07, 6.45) is -2.28. The molecule has 0 aliphatic carbocycles. The lowest BCUT2D eigenvalue weighted by molar-refractivity contribution is -0.136. The van der Waals surface area contributed by atoms with E-state index in [9.17, 15) is 22.8 Å². The van der Waals surface area contributed by atoms with E-state index < -0.39 is 17.6 Å². The molecule has 0 atom stereocenters. The molecule has 0 spiro atoms. The van der Waals surface area contributed by atoms with Crippen molar-refractivity contribution in [2.24, 2.45) is 0 Å². The third-order valence-corrected chi connectivity index (χ3v) is 6.47. The number of amides is 2. The van der Waals surface area contributed by atoms with Gasteiger partial charge in [0.15, 0.2) is 11.3 Å². The van der Waals surface area contributed by atoms with E-state index in [-0.39, 0.29) is 28.1 Å². The number of nitrogens with zero attached hydrogens (tertiary/aromatic N) is 4. The number of hydrogen-bond donors (Lipinski definition) is 0. The molecular formula is C17H15BrF3IN4O3. The summed E-state index contributed by atoms with van der Waals surface area (Å²) in [5.41, 5.74) is -1.27. The van der Waals surface area contributed by atoms with Crippen LogP contribution in [0.25, 0.3) is 5.65 Å². The number of likely N-dealkylation sites (tertiary alicyclic amines) is 1. The lowest BCUT2D eigenvalue weighted by Gasteiger charge is -2.35. The van der Waals surface area contributed by atoms with Gasteiger partial charge in [0.05, 0.1) is 12.1 Å². The average molecular weight is 587 g/mol. The maximum Gasteiger partial charge on any atom is 0.420 e. The van der Waals surface area contributed by atoms with Gasteiger partial charge in [-0.25, -0.2) is 9.78 Å². The monoisotopic (exact) mass is 586 g/mol. The van der Waals surface area contributed by atoms with E-state index in [2.05, 4.69) is 20.9 Å². The predicted octanol–water partition coefficient (Wildman–Crippen LogP) is 3.78. The number of cyclic esters (lactones) is 1. The van der Waals surface area contributed by atoms with Crippen LogP contribution in [0.15, 0.2) is 16.9 Å². The Labute approximate surface area is 185 Å². The highest BCUT2D eigenvalue weighted by Gasteiger charge is 2.37. The van der Waals surface area contributed by atoms with Gasteiger partial charge in [-0.3, -0.25) is 9.20 Å². The molecule has 0 saturated carbocycles. The number of piperidine rings is 1. The highest BCUT2D eigenvalue weighted by atomic mass is 127. The molecule has 4 rings (SSSR count). The van der Waals surface area contributed by atoms with Gasteiger partial charge in [-0.05, 0) is 57.4 Å². The first kappa shape index (κ1) is 20.7. The first-order chi connectivity index (χ1) is 13.7. The molecule has 0 unspecified atom stereocenters. The van der Waals surface area contributed by atoms with E-state index in [0.29, 0.717) is 42.7 Å². The topological polar surface area (TPSA) is 67.2 Å². The van der Waals surface area contributed by atoms with Crippen molar-refractivity contribution in [2.45, 2.75) is 25.1 Å². The van der Waals surface area contributed by atoms with E-state index in [1.807, 2.05) is 0 Å². The van der Waals surface area contributed by atoms with Gasteiger partial charge >= 0.3 is 12.3 Å². The zero-order chi connectivity index (χ0) is 20.9. The summed E-state index contributed by atoms with van der Waals surface area (Å²) in [6, 6.07) is 1.00. The molecule has 2 aliphatic rings. The fraction of sp³-hybridized carbons (Fsp3) is 0.471. The molecule has 0 radical (unpaired) electrons. The molecule has 4 heterocycles. The number of ether oxygens (including phenoxy) is 1. The van der Waals surface area contributed by atoms with E-state index in [0.717, 1.165) is 6.07 Å². The molecule has 0 bridgehead atoms. The minimum absolute atomic E-state index is 0.00281. The number of pyridine rings is 1. The second kappa shape index (κ2) is 7.60. The summed E-state index contributed by atoms with van der Waals surface area (Å²) in [5.74, 6) is -0.439. The third-order valence-electron chi connectivity index (χ3n) is 5.12. The van der Waals surface area contributed by atoms with Crippen molar-refractivity contribution in [3.8, 4) is 0 Å². The first-order valence-electron chi connectivity index (χ1n) is 8.84. The Kier molecular flexibility index (Phi) is 5.42. The minimum Gasteiger partial charge on any atom is -0.448 e. The van der Waals surface area contributed by atoms with Gasteiger partial charge in [-0.15, -0.1) is 0 Å². The van der Waals surface area contributed by atoms with Gasteiger partial charge in [-0.2, -0.15) is 13.2 Å². The normalized spacial score (nSPS) is 18.6. The van der Waals surface area contributed by atoms with Crippen molar-refractivity contribution in [1.82, 2.24) is 19.2 Å². The fourth-order valence-corrected chi connectivity index (χ4v) is 4.81. The van der Waals surface area contributed by atoms with Crippen LogP contribution in [0.3, 0.4) is 0 Å². The first-order valence-corrected chi connectivity index (χ1v) is 10.7. The van der Waals surface area contributed by atoms with Crippen LogP contribution < -0.4 is 0 Å². The summed E-state index contributed by atoms with van der Waals surface area (Å²) in [6.45, 7) is 1.68. The van der Waals surface area contributed by atoms with Crippen LogP contribution in [-0.4, -0.2) is 63.5 Å². The van der Waals surface area contributed by atoms with Gasteiger partial charge in [0.25, 0.3) is 5.91 Å². The van der Waals surface area contributed by atoms with Gasteiger partial charge < -0.3 is 14.5 Å². The molecule has 2 amide bonds. The lowest BCUT2D eigenvalue weighted by Crippen LogP contribution is -2.47. The molecule has 29 heavy (non-hydrogen) atoms. The molecule has 2 aliphatic heterocycles. The van der Waals surface area contributed by atoms with Crippen molar-refractivity contribution in [3.63, 3.8) is 0 Å². The molecule has 7 nitrogen and oxygen atoms in total. The summed E-state index contributed by atoms with van der Waals surface area (Å²) >= 11 is 5.04. The van der Waals surface area contributed by atoms with Crippen molar-refractivity contribution in [1.29, 1.82) is 0 Å². The Bertz CT molecular complexity index is 988. The SMILES string of the molecule is O=C(c1nc2c(C(F)(F)F)cc(I)cn2c1Br)N1CCC(N2CCOC2=O)CC1. The number of alkyl halides is 3. The highest BCUT2D eigenvalue weighted by molar-refractivity contribution is 14.1. The quantitative estimate of drug-likeness (QED) is 0.503. The van der Waals surface area contributed by atoms with E-state index in [1.54, 1.807) is 32.4 Å². The number of carbonyl (C=O) groups excluding carboxylic acids is 2. The zero-order valence-corrected chi connectivity index (χ0v) is 18.6. The second-order valence-corrected chi connectivity index (χ2v) is 8.84. The lowest BCUT2D eigenvalue weighted by atomic mass is 10.0. The van der Waals surface area contributed by atoms with Crippen molar-refractivity contribution < 1.29 is 27.5 Å². The minimum atomic E-state index is -4.59. The van der Waals surface area contributed by atoms with Crippen LogP contribution in [0.1, 0.15) is 28.9 Å². The highest BCUT2D eigenvalue weighted by Crippen LogP contribution is 2.35. The number of hydrogen-bond acceptors (Lipinski definition) is 4. The molecule has 2 aromatic rings. The molecule has 12 heteroatoms. The van der Waals surface area contributed by atoms with Crippen molar-refractivity contribution >= 4 is 56.2 Å². The Morgan fingerprint density at radius 2 is 1.97 bits per heavy atom. The van der Waals surface area contributed by atoms with Gasteiger partial charge in [0.1, 0.15) is 11.2 Å². The Morgan fingerprint density at radius 1 is 1.28 bits per heavy atom. The number of fused-ring (bicyclic) bond motifs is 1. The molecule has 2 fully saturated rings. The maximum absolute atomic E-state index is 13.4. The number of aromatic nitrogens is 2. The molecule has 2 saturated heterocycles. The van der Waals surface area contributed by atoms with Gasteiger partial charge in [-0.1, -0.05) is 0 Å². The van der Waals surface area contributed by atoms with Crippen molar-refractivity contribution in [3.05, 3.63) is 31.7 Å². The number of halogens is 5. The maximum atomic E-state index is 13.4. The Hall–Kier alpha value is -1.57. The van der Waals surface area contributed by atoms with Crippen LogP contribution >= 0.6 is 38.5 Å². The summed E-state index contributed by atoms with van der Waals surface area (Å²) in [7, 11) is 0. The molecular weight excluding hydrogens is 572 g/mol. The zero-order valence-electron chi connectivity index (χ0n) is 14.9. The molecule has 0 aromatic carbocycles. The summed E-state index contributed by atoms with van der Waals surface area (Å²) < 4.78 is 47.0. The van der Waals surface area contributed by atoms with E-state index in [1.165, 1.54) is 10.6 Å². The fourth-order valence-electron chi connectivity index (χ4n) is 3.70. The van der Waals surface area contributed by atoms with Crippen LogP contribution in [0.2, 0.25) is 0 Å². The number of carbonyl (C=O) groups is 2. The van der Waals surface area contributed by atoms with Crippen LogP contribution in [0.4, 0.5) is 18.0 Å². The largest absolute Gasteiger partial charge is 0.448 e.